The molecule has 0 aromatic rings. The van der Waals surface area contributed by atoms with Gasteiger partial charge in [-0.1, -0.05) is 0 Å². The van der Waals surface area contributed by atoms with Crippen LogP contribution in [0.5, 0.6) is 0 Å². The van der Waals surface area contributed by atoms with E-state index in [1.165, 1.54) is 6.42 Å². The van der Waals surface area contributed by atoms with Gasteiger partial charge in [-0.25, -0.2) is 0 Å². The van der Waals surface area contributed by atoms with Gasteiger partial charge in [-0.15, -0.1) is 24.0 Å². The summed E-state index contributed by atoms with van der Waals surface area (Å²) in [5.41, 5.74) is 0. The summed E-state index contributed by atoms with van der Waals surface area (Å²) < 4.78 is 11.1. The number of guanidine groups is 1. The van der Waals surface area contributed by atoms with Gasteiger partial charge in [-0.2, -0.15) is 11.8 Å². The molecule has 1 unspecified atom stereocenters. The van der Waals surface area contributed by atoms with E-state index >= 15 is 0 Å². The summed E-state index contributed by atoms with van der Waals surface area (Å²) in [6.07, 6.45) is 5.70. The van der Waals surface area contributed by atoms with Crippen molar-refractivity contribution in [1.82, 2.24) is 10.6 Å². The molecule has 1 heterocycles. The summed E-state index contributed by atoms with van der Waals surface area (Å²) in [7, 11) is 0. The van der Waals surface area contributed by atoms with E-state index in [9.17, 15) is 0 Å². The molecule has 2 N–H and O–H groups in total. The predicted octanol–water partition coefficient (Wildman–Crippen LogP) is 2.11. The van der Waals surface area contributed by atoms with Crippen LogP contribution < -0.4 is 10.6 Å². The van der Waals surface area contributed by atoms with Gasteiger partial charge in [0, 0.05) is 38.6 Å². The first kappa shape index (κ1) is 21.3. The van der Waals surface area contributed by atoms with Gasteiger partial charge in [0.1, 0.15) is 0 Å². The quantitative estimate of drug-likeness (QED) is 0.240. The largest absolute Gasteiger partial charge is 0.379 e. The van der Waals surface area contributed by atoms with Crippen LogP contribution in [0.3, 0.4) is 0 Å². The molecule has 0 spiro atoms. The normalized spacial score (nSPS) is 18.4. The first-order chi connectivity index (χ1) is 9.86. The number of nitrogens with one attached hydrogen (secondary N) is 2. The summed E-state index contributed by atoms with van der Waals surface area (Å²) in [4.78, 5) is 4.53. The van der Waals surface area contributed by atoms with Gasteiger partial charge in [0.05, 0.1) is 12.7 Å². The smallest absolute Gasteiger partial charge is 0.191 e. The Kier molecular flexibility index (Phi) is 15.4. The molecule has 0 bridgehead atoms. The number of aliphatic imine (C=N–C) groups is 1. The summed E-state index contributed by atoms with van der Waals surface area (Å²) in [6.45, 7) is 7.09. The monoisotopic (exact) mass is 431 g/mol. The standard InChI is InChI=1S/C14H29N3O2S.HI/c1-3-15-14(17-8-11-20-2)16-7-5-9-18-12-13-6-4-10-19-13;/h13H,3-12H2,1-2H3,(H2,15,16,17);1H. The first-order valence-corrected chi connectivity index (χ1v) is 8.96. The molecule has 5 nitrogen and oxygen atoms in total. The Bertz CT molecular complexity index is 265. The van der Waals surface area contributed by atoms with Crippen LogP contribution in [-0.4, -0.2) is 63.5 Å². The maximum atomic E-state index is 5.62. The highest BCUT2D eigenvalue weighted by molar-refractivity contribution is 14.0. The summed E-state index contributed by atoms with van der Waals surface area (Å²) in [5.74, 6) is 2.00. The fourth-order valence-electron chi connectivity index (χ4n) is 1.96. The van der Waals surface area contributed by atoms with E-state index < -0.39 is 0 Å². The van der Waals surface area contributed by atoms with Gasteiger partial charge in [0.15, 0.2) is 5.96 Å². The Labute approximate surface area is 150 Å². The van der Waals surface area contributed by atoms with Gasteiger partial charge in [0.2, 0.25) is 0 Å². The molecule has 1 saturated heterocycles. The highest BCUT2D eigenvalue weighted by atomic mass is 127. The van der Waals surface area contributed by atoms with Crippen LogP contribution >= 0.6 is 35.7 Å². The highest BCUT2D eigenvalue weighted by Crippen LogP contribution is 2.11. The van der Waals surface area contributed by atoms with Crippen molar-refractivity contribution in [3.63, 3.8) is 0 Å². The van der Waals surface area contributed by atoms with Crippen molar-refractivity contribution in [2.24, 2.45) is 4.99 Å². The Hall–Kier alpha value is 0.270. The Morgan fingerprint density at radius 3 is 2.95 bits per heavy atom. The van der Waals surface area contributed by atoms with Crippen LogP contribution in [0.4, 0.5) is 0 Å². The van der Waals surface area contributed by atoms with Crippen LogP contribution in [0, 0.1) is 0 Å². The molecular weight excluding hydrogens is 401 g/mol. The van der Waals surface area contributed by atoms with Gasteiger partial charge in [0.25, 0.3) is 0 Å². The summed E-state index contributed by atoms with van der Waals surface area (Å²) in [6, 6.07) is 0. The first-order valence-electron chi connectivity index (χ1n) is 7.57. The molecule has 21 heavy (non-hydrogen) atoms. The zero-order chi connectivity index (χ0) is 14.5. The van der Waals surface area contributed by atoms with Gasteiger partial charge in [-0.3, -0.25) is 4.99 Å². The van der Waals surface area contributed by atoms with Crippen molar-refractivity contribution in [2.45, 2.75) is 32.3 Å². The molecule has 1 aliphatic rings. The van der Waals surface area contributed by atoms with Crippen molar-refractivity contribution >= 4 is 41.7 Å². The molecular formula is C14H30IN3O2S. The van der Waals surface area contributed by atoms with Gasteiger partial charge < -0.3 is 20.1 Å². The Morgan fingerprint density at radius 2 is 2.29 bits per heavy atom. The number of hydrogen-bond donors (Lipinski definition) is 2. The minimum absolute atomic E-state index is 0. The maximum absolute atomic E-state index is 5.62. The third kappa shape index (κ3) is 11.5. The lowest BCUT2D eigenvalue weighted by molar-refractivity contribution is 0.0171. The lowest BCUT2D eigenvalue weighted by Gasteiger charge is -2.11. The van der Waals surface area contributed by atoms with Gasteiger partial charge >= 0.3 is 0 Å². The third-order valence-electron chi connectivity index (χ3n) is 2.99. The molecule has 7 heteroatoms. The molecule has 126 valence electrons. The maximum Gasteiger partial charge on any atom is 0.191 e. The second-order valence-corrected chi connectivity index (χ2v) is 5.73. The van der Waals surface area contributed by atoms with Crippen molar-refractivity contribution < 1.29 is 9.47 Å². The van der Waals surface area contributed by atoms with Crippen molar-refractivity contribution in [2.75, 3.05) is 51.5 Å². The predicted molar refractivity (Wildman–Crippen MR) is 102 cm³/mol. The van der Waals surface area contributed by atoms with Crippen LogP contribution in [0.1, 0.15) is 26.2 Å². The molecule has 1 atom stereocenters. The van der Waals surface area contributed by atoms with E-state index in [0.29, 0.717) is 6.10 Å². The molecule has 0 aliphatic carbocycles. The number of hydrogen-bond acceptors (Lipinski definition) is 4. The summed E-state index contributed by atoms with van der Waals surface area (Å²) >= 11 is 1.83. The van der Waals surface area contributed by atoms with E-state index in [1.54, 1.807) is 0 Å². The van der Waals surface area contributed by atoms with Crippen LogP contribution in [0.25, 0.3) is 0 Å². The average molecular weight is 431 g/mol. The zero-order valence-electron chi connectivity index (χ0n) is 13.2. The molecule has 0 radical (unpaired) electrons. The number of ether oxygens (including phenoxy) is 2. The number of halogens is 1. The molecule has 1 fully saturated rings. The average Bonchev–Trinajstić information content (AvgIpc) is 2.96. The van der Waals surface area contributed by atoms with Crippen molar-refractivity contribution in [3.8, 4) is 0 Å². The topological polar surface area (TPSA) is 54.9 Å². The Balaban J connectivity index is 0.00000400. The lowest BCUT2D eigenvalue weighted by Crippen LogP contribution is -2.38. The van der Waals surface area contributed by atoms with E-state index in [4.69, 9.17) is 9.47 Å². The second kappa shape index (κ2) is 15.2. The molecule has 0 amide bonds. The molecule has 0 saturated carbocycles. The fraction of sp³-hybridized carbons (Fsp3) is 0.929. The van der Waals surface area contributed by atoms with Crippen molar-refractivity contribution in [1.29, 1.82) is 0 Å². The fourth-order valence-corrected chi connectivity index (χ4v) is 2.27. The zero-order valence-corrected chi connectivity index (χ0v) is 16.4. The highest BCUT2D eigenvalue weighted by Gasteiger charge is 2.14. The van der Waals surface area contributed by atoms with E-state index in [-0.39, 0.29) is 24.0 Å². The SMILES string of the molecule is CCNC(=NCCCOCC1CCCO1)NCCSC.I. The molecule has 0 aromatic heterocycles. The lowest BCUT2D eigenvalue weighted by atomic mass is 10.2. The van der Waals surface area contributed by atoms with Gasteiger partial charge in [-0.05, 0) is 32.4 Å². The number of nitrogens with zero attached hydrogens (tertiary/aromatic N) is 1. The van der Waals surface area contributed by atoms with Crippen LogP contribution in [-0.2, 0) is 9.47 Å². The molecule has 0 aromatic carbocycles. The van der Waals surface area contributed by atoms with Crippen LogP contribution in [0.15, 0.2) is 4.99 Å². The minimum Gasteiger partial charge on any atom is -0.379 e. The molecule has 1 rings (SSSR count). The van der Waals surface area contributed by atoms with Crippen molar-refractivity contribution in [3.05, 3.63) is 0 Å². The van der Waals surface area contributed by atoms with E-state index in [1.807, 2.05) is 11.8 Å². The number of rotatable bonds is 10. The Morgan fingerprint density at radius 1 is 1.43 bits per heavy atom. The van der Waals surface area contributed by atoms with E-state index in [2.05, 4.69) is 28.8 Å². The minimum atomic E-state index is 0. The second-order valence-electron chi connectivity index (χ2n) is 4.74. The third-order valence-corrected chi connectivity index (χ3v) is 3.60. The molecule has 1 aliphatic heterocycles. The summed E-state index contributed by atoms with van der Waals surface area (Å²) in [5, 5.41) is 6.56. The van der Waals surface area contributed by atoms with E-state index in [0.717, 1.165) is 64.0 Å². The number of thioether (sulfide) groups is 1. The van der Waals surface area contributed by atoms with Crippen LogP contribution in [0.2, 0.25) is 0 Å².